The number of carbonyl (C=O) groups excluding carboxylic acids is 1. The second-order valence-corrected chi connectivity index (χ2v) is 9.96. The number of hydrogen-bond donors (Lipinski definition) is 3. The van der Waals surface area contributed by atoms with Crippen LogP contribution < -0.4 is 10.6 Å². The maximum Gasteiger partial charge on any atom is 0.326 e. The number of carboxylic acid groups (broad SMARTS) is 1. The van der Waals surface area contributed by atoms with Crippen molar-refractivity contribution in [2.24, 2.45) is 5.92 Å². The number of benzene rings is 1. The third-order valence-electron chi connectivity index (χ3n) is 7.21. The molecule has 1 aliphatic heterocycles. The Morgan fingerprint density at radius 2 is 2.03 bits per heavy atom. The Balaban J connectivity index is 1.19. The van der Waals surface area contributed by atoms with Crippen LogP contribution in [0.25, 0.3) is 0 Å². The molecule has 2 heterocycles. The number of aryl methyl sites for hydroxylation is 4. The average Bonchev–Trinajstić information content (AvgIpc) is 2.83. The second kappa shape index (κ2) is 11.5. The van der Waals surface area contributed by atoms with Gasteiger partial charge in [0, 0.05) is 30.8 Å². The number of hydrogen-bond acceptors (Lipinski definition) is 6. The van der Waals surface area contributed by atoms with Gasteiger partial charge in [0.15, 0.2) is 0 Å². The molecule has 1 atom stereocenters. The van der Waals surface area contributed by atoms with Crippen molar-refractivity contribution in [3.8, 4) is 6.07 Å². The molecule has 2 aromatic rings. The van der Waals surface area contributed by atoms with Crippen molar-refractivity contribution >= 4 is 17.7 Å². The largest absolute Gasteiger partial charge is 0.480 e. The molecule has 8 nitrogen and oxygen atoms in total. The smallest absolute Gasteiger partial charge is 0.326 e. The molecule has 0 bridgehead atoms. The number of amides is 1. The highest BCUT2D eigenvalue weighted by Crippen LogP contribution is 2.34. The van der Waals surface area contributed by atoms with E-state index in [1.807, 2.05) is 0 Å². The fourth-order valence-electron chi connectivity index (χ4n) is 5.13. The van der Waals surface area contributed by atoms with Crippen LogP contribution in [0.2, 0.25) is 0 Å². The van der Waals surface area contributed by atoms with Crippen molar-refractivity contribution in [2.45, 2.75) is 70.9 Å². The van der Waals surface area contributed by atoms with Crippen LogP contribution in [-0.4, -0.2) is 47.3 Å². The van der Waals surface area contributed by atoms with Crippen molar-refractivity contribution < 1.29 is 19.4 Å². The number of rotatable bonds is 10. The molecule has 8 heteroatoms. The van der Waals surface area contributed by atoms with E-state index in [-0.39, 0.29) is 19.1 Å². The predicted octanol–water partition coefficient (Wildman–Crippen LogP) is 3.93. The van der Waals surface area contributed by atoms with E-state index in [0.29, 0.717) is 28.2 Å². The quantitative estimate of drug-likeness (QED) is 0.461. The highest BCUT2D eigenvalue weighted by molar-refractivity contribution is 5.99. The van der Waals surface area contributed by atoms with Gasteiger partial charge in [-0.3, -0.25) is 4.79 Å². The van der Waals surface area contributed by atoms with E-state index in [0.717, 1.165) is 56.6 Å². The Labute approximate surface area is 212 Å². The van der Waals surface area contributed by atoms with Crippen molar-refractivity contribution in [3.05, 3.63) is 57.8 Å². The molecule has 1 aliphatic carbocycles. The highest BCUT2D eigenvalue weighted by atomic mass is 16.5. The van der Waals surface area contributed by atoms with Crippen molar-refractivity contribution in [1.82, 2.24) is 10.3 Å². The zero-order valence-corrected chi connectivity index (χ0v) is 21.0. The molecule has 4 rings (SSSR count). The van der Waals surface area contributed by atoms with E-state index in [1.165, 1.54) is 5.56 Å². The van der Waals surface area contributed by atoms with Crippen molar-refractivity contribution in [2.75, 3.05) is 18.5 Å². The molecule has 0 unspecified atom stereocenters. The van der Waals surface area contributed by atoms with Crippen LogP contribution in [0.4, 0.5) is 5.82 Å². The summed E-state index contributed by atoms with van der Waals surface area (Å²) in [5.74, 6) is 0.0993. The molecular formula is C28H34N4O4. The lowest BCUT2D eigenvalue weighted by molar-refractivity contribution is -0.140. The first-order valence-electron chi connectivity index (χ1n) is 12.7. The van der Waals surface area contributed by atoms with Crippen LogP contribution in [-0.2, 0) is 22.4 Å². The molecule has 2 aliphatic rings. The Hall–Kier alpha value is -3.44. The molecule has 190 valence electrons. The van der Waals surface area contributed by atoms with Gasteiger partial charge < -0.3 is 20.5 Å². The lowest BCUT2D eigenvalue weighted by Gasteiger charge is -2.35. The lowest BCUT2D eigenvalue weighted by atomic mass is 9.79. The normalized spacial score (nSPS) is 19.2. The first-order chi connectivity index (χ1) is 17.3. The molecule has 0 saturated heterocycles. The number of nitriles is 1. The zero-order valence-electron chi connectivity index (χ0n) is 21.0. The number of aliphatic carboxylic acids is 1. The van der Waals surface area contributed by atoms with E-state index >= 15 is 0 Å². The number of nitrogens with zero attached hydrogens (tertiary/aromatic N) is 2. The third-order valence-corrected chi connectivity index (χ3v) is 7.21. The molecule has 36 heavy (non-hydrogen) atoms. The highest BCUT2D eigenvalue weighted by Gasteiger charge is 2.30. The van der Waals surface area contributed by atoms with Crippen LogP contribution in [0.5, 0.6) is 0 Å². The second-order valence-electron chi connectivity index (χ2n) is 9.96. The summed E-state index contributed by atoms with van der Waals surface area (Å²) in [5, 5.41) is 24.7. The SMILES string of the molecule is Cc1cc(C#N)cc(C)c1C(=O)N[C@@H](CCO[C@H]1C[C@H](CCc2ccc3c(n2)NCCC3)C1)C(=O)O. The van der Waals surface area contributed by atoms with Gasteiger partial charge in [-0.15, -0.1) is 0 Å². The van der Waals surface area contributed by atoms with Gasteiger partial charge in [0.1, 0.15) is 11.9 Å². The summed E-state index contributed by atoms with van der Waals surface area (Å²) in [6, 6.07) is 8.62. The van der Waals surface area contributed by atoms with Crippen LogP contribution in [0.1, 0.15) is 70.4 Å². The van der Waals surface area contributed by atoms with E-state index in [4.69, 9.17) is 15.0 Å². The Kier molecular flexibility index (Phi) is 8.21. The standard InChI is InChI=1S/C28H34N4O4/c1-17-12-20(16-29)13-18(2)25(17)27(33)32-24(28(34)35)9-11-36-23-14-19(15-23)5-7-22-8-6-21-4-3-10-30-26(21)31-22/h6,8,12-13,19,23-24H,3-5,7,9-11,14-15H2,1-2H3,(H,30,31)(H,32,33)(H,34,35)/t19-,23-,24-/m0/s1. The molecule has 3 N–H and O–H groups in total. The molecule has 1 fully saturated rings. The Bertz CT molecular complexity index is 1140. The number of aromatic nitrogens is 1. The fraction of sp³-hybridized carbons (Fsp3) is 0.500. The summed E-state index contributed by atoms with van der Waals surface area (Å²) in [4.78, 5) is 29.3. The molecule has 0 spiro atoms. The number of pyridine rings is 1. The van der Waals surface area contributed by atoms with Crippen LogP contribution in [0, 0.1) is 31.1 Å². The van der Waals surface area contributed by atoms with Crippen LogP contribution >= 0.6 is 0 Å². The maximum absolute atomic E-state index is 12.8. The fourth-order valence-corrected chi connectivity index (χ4v) is 5.13. The van der Waals surface area contributed by atoms with Gasteiger partial charge in [0.25, 0.3) is 5.91 Å². The molecule has 1 amide bonds. The third kappa shape index (κ3) is 6.21. The molecule has 1 saturated carbocycles. The summed E-state index contributed by atoms with van der Waals surface area (Å²) in [6.45, 7) is 4.75. The molecular weight excluding hydrogens is 456 g/mol. The van der Waals surface area contributed by atoms with Gasteiger partial charge in [-0.2, -0.15) is 5.26 Å². The topological polar surface area (TPSA) is 124 Å². The minimum atomic E-state index is -1.09. The van der Waals surface area contributed by atoms with Gasteiger partial charge >= 0.3 is 5.97 Å². The number of carboxylic acids is 1. The van der Waals surface area contributed by atoms with E-state index in [1.54, 1.807) is 26.0 Å². The maximum atomic E-state index is 12.8. The first-order valence-corrected chi connectivity index (χ1v) is 12.7. The molecule has 1 aromatic carbocycles. The average molecular weight is 491 g/mol. The minimum absolute atomic E-state index is 0.140. The van der Waals surface area contributed by atoms with Gasteiger partial charge in [0.05, 0.1) is 17.7 Å². The van der Waals surface area contributed by atoms with E-state index in [9.17, 15) is 14.7 Å². The Morgan fingerprint density at radius 1 is 1.28 bits per heavy atom. The summed E-state index contributed by atoms with van der Waals surface area (Å²) in [6.07, 6.45) is 6.56. The predicted molar refractivity (Wildman–Crippen MR) is 136 cm³/mol. The summed E-state index contributed by atoms with van der Waals surface area (Å²) in [5.41, 5.74) is 4.60. The van der Waals surface area contributed by atoms with Crippen LogP contribution in [0.15, 0.2) is 24.3 Å². The number of ether oxygens (including phenoxy) is 1. The number of nitrogens with one attached hydrogen (secondary N) is 2. The molecule has 1 aromatic heterocycles. The summed E-state index contributed by atoms with van der Waals surface area (Å²) >= 11 is 0. The van der Waals surface area contributed by atoms with E-state index in [2.05, 4.69) is 28.8 Å². The van der Waals surface area contributed by atoms with Gasteiger partial charge in [-0.05, 0) is 93.2 Å². The number of fused-ring (bicyclic) bond motifs is 1. The molecule has 0 radical (unpaired) electrons. The van der Waals surface area contributed by atoms with Gasteiger partial charge in [-0.1, -0.05) is 6.07 Å². The van der Waals surface area contributed by atoms with Crippen LogP contribution in [0.3, 0.4) is 0 Å². The Morgan fingerprint density at radius 3 is 2.72 bits per heavy atom. The monoisotopic (exact) mass is 490 g/mol. The number of carbonyl (C=O) groups is 2. The lowest BCUT2D eigenvalue weighted by Crippen LogP contribution is -2.42. The van der Waals surface area contributed by atoms with Crippen molar-refractivity contribution in [1.29, 1.82) is 5.26 Å². The van der Waals surface area contributed by atoms with Gasteiger partial charge in [-0.25, -0.2) is 9.78 Å². The van der Waals surface area contributed by atoms with Crippen molar-refractivity contribution in [3.63, 3.8) is 0 Å². The van der Waals surface area contributed by atoms with Gasteiger partial charge in [0.2, 0.25) is 0 Å². The minimum Gasteiger partial charge on any atom is -0.480 e. The first kappa shape index (κ1) is 25.6. The van der Waals surface area contributed by atoms with E-state index < -0.39 is 17.9 Å². The summed E-state index contributed by atoms with van der Waals surface area (Å²) < 4.78 is 5.90. The zero-order chi connectivity index (χ0) is 25.7. The number of anilines is 1. The summed E-state index contributed by atoms with van der Waals surface area (Å²) in [7, 11) is 0.